The van der Waals surface area contributed by atoms with Crippen molar-refractivity contribution in [1.29, 1.82) is 0 Å². The Morgan fingerprint density at radius 2 is 1.33 bits per heavy atom. The fourth-order valence-electron chi connectivity index (χ4n) is 3.64. The van der Waals surface area contributed by atoms with Gasteiger partial charge in [0.2, 0.25) is 11.8 Å². The van der Waals surface area contributed by atoms with E-state index in [1.807, 2.05) is 0 Å². The molecule has 0 aromatic rings. The van der Waals surface area contributed by atoms with E-state index >= 15 is 0 Å². The van der Waals surface area contributed by atoms with E-state index in [1.54, 1.807) is 20.8 Å². The molecule has 25 heteroatoms. The van der Waals surface area contributed by atoms with Gasteiger partial charge in [-0.05, 0) is 27.2 Å². The molecule has 51 heavy (non-hydrogen) atoms. The maximum atomic E-state index is 12.4. The topological polar surface area (TPSA) is 346 Å². The molecule has 0 heterocycles. The number of nitrogens with one attached hydrogen (secondary N) is 2. The van der Waals surface area contributed by atoms with Gasteiger partial charge in [0.1, 0.15) is 18.9 Å². The van der Waals surface area contributed by atoms with Crippen molar-refractivity contribution in [2.75, 3.05) is 46.1 Å². The van der Waals surface area contributed by atoms with Gasteiger partial charge in [0.25, 0.3) is 5.08 Å². The van der Waals surface area contributed by atoms with E-state index in [9.17, 15) is 42.9 Å². The molecule has 0 aromatic heterocycles. The van der Waals surface area contributed by atoms with Crippen LogP contribution in [0.4, 0.5) is 0 Å². The van der Waals surface area contributed by atoms with Crippen molar-refractivity contribution in [3.8, 4) is 0 Å². The van der Waals surface area contributed by atoms with Crippen LogP contribution in [-0.2, 0) is 60.9 Å². The van der Waals surface area contributed by atoms with Crippen molar-refractivity contribution in [3.05, 3.63) is 0 Å². The van der Waals surface area contributed by atoms with E-state index in [0.29, 0.717) is 0 Å². The molecular formula is C26H52N3O19P3. The molecule has 10 N–H and O–H groups in total. The molecule has 3 atom stereocenters. The highest BCUT2D eigenvalue weighted by atomic mass is 31.2. The van der Waals surface area contributed by atoms with E-state index in [2.05, 4.69) is 10.6 Å². The lowest BCUT2D eigenvalue weighted by atomic mass is 10.0. The highest BCUT2D eigenvalue weighted by Crippen LogP contribution is 2.69. The fraction of sp³-hybridized carbons (Fsp3) is 0.846. The number of amides is 2. The van der Waals surface area contributed by atoms with Crippen molar-refractivity contribution in [2.45, 2.75) is 95.7 Å². The Morgan fingerprint density at radius 3 is 1.88 bits per heavy atom. The number of nitrogens with two attached hydrogens (primary N) is 1. The molecule has 0 rings (SSSR count). The summed E-state index contributed by atoms with van der Waals surface area (Å²) in [6, 6.07) is 0. The van der Waals surface area contributed by atoms with Gasteiger partial charge in [0.15, 0.2) is 6.10 Å². The molecule has 0 aliphatic rings. The molecule has 0 radical (unpaired) electrons. The van der Waals surface area contributed by atoms with Gasteiger partial charge >= 0.3 is 35.0 Å². The second-order valence-corrected chi connectivity index (χ2v) is 17.4. The molecule has 0 spiro atoms. The van der Waals surface area contributed by atoms with Crippen LogP contribution in [0.3, 0.4) is 0 Å². The maximum absolute atomic E-state index is 12.4. The predicted octanol–water partition coefficient (Wildman–Crippen LogP) is -0.324. The number of esters is 2. The molecule has 2 amide bonds. The average molecular weight is 804 g/mol. The van der Waals surface area contributed by atoms with Gasteiger partial charge in [-0.3, -0.25) is 37.4 Å². The lowest BCUT2D eigenvalue weighted by Crippen LogP contribution is -2.44. The number of aliphatic hydroxyl groups is 1. The number of hydrogen-bond donors (Lipinski definition) is 9. The van der Waals surface area contributed by atoms with Gasteiger partial charge in [-0.25, -0.2) is 4.57 Å². The quantitative estimate of drug-likeness (QED) is 0.0222. The van der Waals surface area contributed by atoms with Crippen LogP contribution in [-0.4, -0.2) is 122 Å². The van der Waals surface area contributed by atoms with E-state index in [-0.39, 0.29) is 45.4 Å². The number of carbonyl (C=O) groups is 4. The summed E-state index contributed by atoms with van der Waals surface area (Å²) in [6.07, 6.45) is -2.56. The molecular weight excluding hydrogens is 751 g/mol. The van der Waals surface area contributed by atoms with Gasteiger partial charge in [0, 0.05) is 38.8 Å². The molecule has 0 saturated heterocycles. The van der Waals surface area contributed by atoms with Crippen molar-refractivity contribution >= 4 is 46.8 Å². The van der Waals surface area contributed by atoms with Gasteiger partial charge in [-0.1, -0.05) is 13.8 Å². The van der Waals surface area contributed by atoms with Gasteiger partial charge in [-0.2, -0.15) is 0 Å². The Kier molecular flexibility index (Phi) is 20.9. The summed E-state index contributed by atoms with van der Waals surface area (Å²) < 4.78 is 65.6. The SMILES string of the molecule is CCC(=O)OCC(COP(=O)(O)OCCNC(=O)CC(C)(C)OCCC(C)(N)OCC(=O)NCCCC(O)(P(=O)(O)O)P(=O)(O)O)OC(=O)CC. The molecule has 0 bridgehead atoms. The Hall–Kier alpha value is -1.87. The average Bonchev–Trinajstić information content (AvgIpc) is 2.99. The zero-order chi connectivity index (χ0) is 39.7. The predicted molar refractivity (Wildman–Crippen MR) is 175 cm³/mol. The number of carbonyl (C=O) groups excluding carboxylic acids is 4. The third-order valence-electron chi connectivity index (χ3n) is 6.56. The van der Waals surface area contributed by atoms with Crippen LogP contribution in [0.25, 0.3) is 0 Å². The summed E-state index contributed by atoms with van der Waals surface area (Å²) in [7, 11) is -15.9. The number of rotatable bonds is 27. The van der Waals surface area contributed by atoms with Crippen LogP contribution in [0.15, 0.2) is 0 Å². The van der Waals surface area contributed by atoms with Crippen molar-refractivity contribution in [1.82, 2.24) is 10.6 Å². The van der Waals surface area contributed by atoms with Crippen molar-refractivity contribution in [3.63, 3.8) is 0 Å². The third-order valence-corrected chi connectivity index (χ3v) is 11.4. The Bertz CT molecular complexity index is 1260. The largest absolute Gasteiger partial charge is 0.472 e. The Morgan fingerprint density at radius 1 is 0.765 bits per heavy atom. The normalized spacial score (nSPS) is 15.6. The molecule has 3 unspecified atom stereocenters. The second kappa shape index (κ2) is 21.7. The van der Waals surface area contributed by atoms with Gasteiger partial charge < -0.3 is 64.9 Å². The van der Waals surface area contributed by atoms with Crippen LogP contribution >= 0.6 is 23.0 Å². The first-order chi connectivity index (χ1) is 23.2. The highest BCUT2D eigenvalue weighted by molar-refractivity contribution is 7.72. The fourth-order valence-corrected chi connectivity index (χ4v) is 6.65. The lowest BCUT2D eigenvalue weighted by molar-refractivity contribution is -0.160. The van der Waals surface area contributed by atoms with E-state index in [0.717, 1.165) is 0 Å². The minimum atomic E-state index is -5.61. The van der Waals surface area contributed by atoms with Crippen LogP contribution in [0, 0.1) is 0 Å². The van der Waals surface area contributed by atoms with Crippen LogP contribution in [0.5, 0.6) is 0 Å². The highest BCUT2D eigenvalue weighted by Gasteiger charge is 2.58. The molecule has 0 aliphatic heterocycles. The minimum absolute atomic E-state index is 0.00867. The summed E-state index contributed by atoms with van der Waals surface area (Å²) in [6.45, 7) is 5.27. The van der Waals surface area contributed by atoms with Crippen LogP contribution < -0.4 is 16.4 Å². The van der Waals surface area contributed by atoms with Crippen molar-refractivity contribution in [2.24, 2.45) is 5.73 Å². The summed E-state index contributed by atoms with van der Waals surface area (Å²) in [4.78, 5) is 93.9. The van der Waals surface area contributed by atoms with E-state index in [1.165, 1.54) is 13.8 Å². The lowest BCUT2D eigenvalue weighted by Gasteiger charge is -2.29. The van der Waals surface area contributed by atoms with Crippen LogP contribution in [0.2, 0.25) is 0 Å². The van der Waals surface area contributed by atoms with Crippen LogP contribution in [0.1, 0.15) is 73.1 Å². The monoisotopic (exact) mass is 803 g/mol. The maximum Gasteiger partial charge on any atom is 0.472 e. The number of ether oxygens (including phenoxy) is 4. The Balaban J connectivity index is 4.53. The smallest absolute Gasteiger partial charge is 0.462 e. The molecule has 0 aromatic carbocycles. The first kappa shape index (κ1) is 49.1. The van der Waals surface area contributed by atoms with Gasteiger partial charge in [0.05, 0.1) is 31.8 Å². The summed E-state index contributed by atoms with van der Waals surface area (Å²) >= 11 is 0. The second-order valence-electron chi connectivity index (χ2n) is 11.9. The third kappa shape index (κ3) is 20.8. The number of phosphoric ester groups is 1. The van der Waals surface area contributed by atoms with Crippen molar-refractivity contribution < 1.29 is 90.4 Å². The molecule has 22 nitrogen and oxygen atoms in total. The van der Waals surface area contributed by atoms with E-state index in [4.69, 9.17) is 53.3 Å². The molecule has 300 valence electrons. The summed E-state index contributed by atoms with van der Waals surface area (Å²) in [5.41, 5.74) is 3.65. The Labute approximate surface area is 295 Å². The standard InChI is InChI=1S/C26H52N3O19P3/c1-6-22(32)43-16-19(48-23(33)7-2)17-47-51(41,42)46-14-12-29-20(30)15-24(3,4)44-13-10-25(5,27)45-18-21(31)28-11-8-9-26(34,49(35,36)37)50(38,39)40/h19,34H,6-18,27H2,1-5H3,(H,28,31)(H,29,30)(H,41,42)(H2,35,36,37)(H2,38,39,40). The first-order valence-corrected chi connectivity index (χ1v) is 20.3. The summed E-state index contributed by atoms with van der Waals surface area (Å²) in [5.74, 6) is -2.43. The molecule has 0 aliphatic carbocycles. The van der Waals surface area contributed by atoms with E-state index < -0.39 is 109 Å². The minimum Gasteiger partial charge on any atom is -0.462 e. The summed E-state index contributed by atoms with van der Waals surface area (Å²) in [5, 5.41) is 11.0. The molecule has 0 saturated carbocycles. The zero-order valence-electron chi connectivity index (χ0n) is 29.2. The van der Waals surface area contributed by atoms with Gasteiger partial charge in [-0.15, -0.1) is 0 Å². The zero-order valence-corrected chi connectivity index (χ0v) is 31.9. The molecule has 0 fully saturated rings. The number of hydrogen-bond acceptors (Lipinski definition) is 15. The first-order valence-electron chi connectivity index (χ1n) is 15.6. The number of phosphoric acid groups is 1.